The van der Waals surface area contributed by atoms with Gasteiger partial charge in [0.05, 0.1) is 5.92 Å². The summed E-state index contributed by atoms with van der Waals surface area (Å²) in [6.07, 6.45) is 0.645. The number of hydrogen-bond donors (Lipinski definition) is 2. The summed E-state index contributed by atoms with van der Waals surface area (Å²) >= 11 is 1.50. The maximum Gasteiger partial charge on any atom is 0.311 e. The van der Waals surface area contributed by atoms with E-state index in [4.69, 9.17) is 5.11 Å². The molecule has 0 radical (unpaired) electrons. The van der Waals surface area contributed by atoms with Gasteiger partial charge in [-0.1, -0.05) is 6.07 Å². The second kappa shape index (κ2) is 4.99. The Morgan fingerprint density at radius 1 is 1.77 bits per heavy atom. The number of thiophene rings is 1. The molecule has 1 aromatic rings. The Balaban J connectivity index is 2.63. The standard InChI is InChI=1S/C9H13NO2S/c1-10-5-4-7(9(11)12)8-3-2-6-13-8/h2-3,6-7,10H,4-5H2,1H3,(H,11,12). The molecule has 1 unspecified atom stereocenters. The summed E-state index contributed by atoms with van der Waals surface area (Å²) in [5.41, 5.74) is 0. The van der Waals surface area contributed by atoms with Gasteiger partial charge in [-0.2, -0.15) is 0 Å². The first-order valence-electron chi connectivity index (χ1n) is 4.16. The van der Waals surface area contributed by atoms with Gasteiger partial charge >= 0.3 is 5.97 Å². The van der Waals surface area contributed by atoms with Gasteiger partial charge < -0.3 is 10.4 Å². The van der Waals surface area contributed by atoms with Crippen LogP contribution in [0.5, 0.6) is 0 Å². The van der Waals surface area contributed by atoms with Gasteiger partial charge in [0.15, 0.2) is 0 Å². The van der Waals surface area contributed by atoms with E-state index < -0.39 is 5.97 Å². The van der Waals surface area contributed by atoms with Crippen LogP contribution in [0.4, 0.5) is 0 Å². The average molecular weight is 199 g/mol. The van der Waals surface area contributed by atoms with Crippen LogP contribution in [0.1, 0.15) is 17.2 Å². The van der Waals surface area contributed by atoms with Gasteiger partial charge in [-0.05, 0) is 31.5 Å². The molecular formula is C9H13NO2S. The normalized spacial score (nSPS) is 12.7. The van der Waals surface area contributed by atoms with Crippen molar-refractivity contribution in [3.8, 4) is 0 Å². The van der Waals surface area contributed by atoms with Crippen molar-refractivity contribution in [3.05, 3.63) is 22.4 Å². The second-order valence-corrected chi connectivity index (χ2v) is 3.78. The average Bonchev–Trinajstić information content (AvgIpc) is 2.57. The Morgan fingerprint density at radius 3 is 3.00 bits per heavy atom. The lowest BCUT2D eigenvalue weighted by Crippen LogP contribution is -2.17. The fraction of sp³-hybridized carbons (Fsp3) is 0.444. The monoisotopic (exact) mass is 199 g/mol. The third kappa shape index (κ3) is 2.82. The quantitative estimate of drug-likeness (QED) is 0.756. The van der Waals surface area contributed by atoms with Crippen molar-refractivity contribution < 1.29 is 9.90 Å². The lowest BCUT2D eigenvalue weighted by molar-refractivity contribution is -0.138. The molecule has 13 heavy (non-hydrogen) atoms. The smallest absolute Gasteiger partial charge is 0.311 e. The maximum absolute atomic E-state index is 10.9. The first kappa shape index (κ1) is 10.2. The molecule has 0 aromatic carbocycles. The minimum atomic E-state index is -0.738. The Labute approximate surface area is 81.4 Å². The van der Waals surface area contributed by atoms with E-state index in [1.54, 1.807) is 0 Å². The molecule has 0 aliphatic carbocycles. The minimum Gasteiger partial charge on any atom is -0.481 e. The number of carboxylic acids is 1. The fourth-order valence-electron chi connectivity index (χ4n) is 1.17. The topological polar surface area (TPSA) is 49.3 Å². The van der Waals surface area contributed by atoms with E-state index in [2.05, 4.69) is 5.32 Å². The van der Waals surface area contributed by atoms with Crippen molar-refractivity contribution >= 4 is 17.3 Å². The summed E-state index contributed by atoms with van der Waals surface area (Å²) < 4.78 is 0. The van der Waals surface area contributed by atoms with Crippen molar-refractivity contribution in [2.45, 2.75) is 12.3 Å². The zero-order valence-corrected chi connectivity index (χ0v) is 8.30. The summed E-state index contributed by atoms with van der Waals surface area (Å²) in [7, 11) is 1.83. The largest absolute Gasteiger partial charge is 0.481 e. The van der Waals surface area contributed by atoms with E-state index >= 15 is 0 Å². The third-order valence-corrected chi connectivity index (χ3v) is 2.85. The zero-order chi connectivity index (χ0) is 9.68. The summed E-state index contributed by atoms with van der Waals surface area (Å²) in [4.78, 5) is 11.8. The van der Waals surface area contributed by atoms with Gasteiger partial charge in [-0.25, -0.2) is 0 Å². The highest BCUT2D eigenvalue weighted by Crippen LogP contribution is 2.24. The Morgan fingerprint density at radius 2 is 2.54 bits per heavy atom. The van der Waals surface area contributed by atoms with Crippen LogP contribution in [0.15, 0.2) is 17.5 Å². The molecule has 2 N–H and O–H groups in total. The number of nitrogens with one attached hydrogen (secondary N) is 1. The SMILES string of the molecule is CNCCC(C(=O)O)c1cccs1. The lowest BCUT2D eigenvalue weighted by Gasteiger charge is -2.09. The van der Waals surface area contributed by atoms with Crippen molar-refractivity contribution in [3.63, 3.8) is 0 Å². The van der Waals surface area contributed by atoms with Crippen LogP contribution in [0, 0.1) is 0 Å². The molecule has 1 aromatic heterocycles. The number of rotatable bonds is 5. The molecule has 1 rings (SSSR count). The van der Waals surface area contributed by atoms with E-state index in [-0.39, 0.29) is 5.92 Å². The van der Waals surface area contributed by atoms with Gasteiger partial charge in [0.1, 0.15) is 0 Å². The highest BCUT2D eigenvalue weighted by molar-refractivity contribution is 7.10. The molecule has 0 bridgehead atoms. The highest BCUT2D eigenvalue weighted by atomic mass is 32.1. The van der Waals surface area contributed by atoms with Crippen LogP contribution >= 0.6 is 11.3 Å². The van der Waals surface area contributed by atoms with Crippen LogP contribution in [-0.2, 0) is 4.79 Å². The predicted molar refractivity (Wildman–Crippen MR) is 53.2 cm³/mol. The lowest BCUT2D eigenvalue weighted by atomic mass is 10.0. The van der Waals surface area contributed by atoms with E-state index in [9.17, 15) is 4.79 Å². The summed E-state index contributed by atoms with van der Waals surface area (Å²) in [6.45, 7) is 0.731. The van der Waals surface area contributed by atoms with Crippen LogP contribution in [0.3, 0.4) is 0 Å². The Bertz CT molecular complexity index is 259. The molecule has 4 heteroatoms. The molecule has 0 aliphatic heterocycles. The van der Waals surface area contributed by atoms with E-state index in [1.165, 1.54) is 11.3 Å². The number of aliphatic carboxylic acids is 1. The van der Waals surface area contributed by atoms with E-state index in [0.717, 1.165) is 11.4 Å². The molecule has 0 saturated carbocycles. The maximum atomic E-state index is 10.9. The number of carboxylic acid groups (broad SMARTS) is 1. The van der Waals surface area contributed by atoms with Crippen molar-refractivity contribution in [2.75, 3.05) is 13.6 Å². The summed E-state index contributed by atoms with van der Waals surface area (Å²) in [5, 5.41) is 13.8. The van der Waals surface area contributed by atoms with Gasteiger partial charge in [0.25, 0.3) is 0 Å². The van der Waals surface area contributed by atoms with Crippen LogP contribution < -0.4 is 5.32 Å². The van der Waals surface area contributed by atoms with E-state index in [0.29, 0.717) is 6.42 Å². The molecule has 0 amide bonds. The van der Waals surface area contributed by atoms with Crippen molar-refractivity contribution in [1.29, 1.82) is 0 Å². The van der Waals surface area contributed by atoms with Crippen molar-refractivity contribution in [1.82, 2.24) is 5.32 Å². The van der Waals surface area contributed by atoms with Crippen LogP contribution in [-0.4, -0.2) is 24.7 Å². The second-order valence-electron chi connectivity index (χ2n) is 2.80. The summed E-state index contributed by atoms with van der Waals surface area (Å²) in [6, 6.07) is 3.76. The van der Waals surface area contributed by atoms with Crippen LogP contribution in [0.2, 0.25) is 0 Å². The first-order chi connectivity index (χ1) is 6.25. The first-order valence-corrected chi connectivity index (χ1v) is 5.04. The zero-order valence-electron chi connectivity index (χ0n) is 7.49. The molecule has 0 aliphatic rings. The van der Waals surface area contributed by atoms with E-state index in [1.807, 2.05) is 24.6 Å². The number of hydrogen-bond acceptors (Lipinski definition) is 3. The molecule has 0 spiro atoms. The molecule has 72 valence electrons. The molecule has 1 heterocycles. The van der Waals surface area contributed by atoms with Gasteiger partial charge in [-0.3, -0.25) is 4.79 Å². The fourth-order valence-corrected chi connectivity index (χ4v) is 2.02. The number of carbonyl (C=O) groups is 1. The summed E-state index contributed by atoms with van der Waals surface area (Å²) in [5.74, 6) is -1.09. The van der Waals surface area contributed by atoms with Gasteiger partial charge in [-0.15, -0.1) is 11.3 Å². The third-order valence-electron chi connectivity index (χ3n) is 1.87. The van der Waals surface area contributed by atoms with Crippen molar-refractivity contribution in [2.24, 2.45) is 0 Å². The van der Waals surface area contributed by atoms with Gasteiger partial charge in [0, 0.05) is 4.88 Å². The van der Waals surface area contributed by atoms with Gasteiger partial charge in [0.2, 0.25) is 0 Å². The highest BCUT2D eigenvalue weighted by Gasteiger charge is 2.19. The molecular weight excluding hydrogens is 186 g/mol. The molecule has 0 fully saturated rings. The molecule has 0 saturated heterocycles. The molecule has 1 atom stereocenters. The predicted octanol–water partition coefficient (Wildman–Crippen LogP) is 1.53. The van der Waals surface area contributed by atoms with Crippen LogP contribution in [0.25, 0.3) is 0 Å². The minimum absolute atomic E-state index is 0.354. The Hall–Kier alpha value is -0.870. The Kier molecular flexibility index (Phi) is 3.92. The molecule has 3 nitrogen and oxygen atoms in total.